The number of likely N-dealkylation sites (N-methyl/N-ethyl adjacent to an activating group) is 1. The SMILES string of the molecule is CCNC(=O)Nc1ccc2c(c1)CC(=O)N([C@@H](C)CO)C[C@@H](C)[C@H](CN(C)Cc1ccncc1)O2. The van der Waals surface area contributed by atoms with Crippen molar-refractivity contribution in [2.45, 2.75) is 45.9 Å². The number of pyridine rings is 1. The number of anilines is 1. The summed E-state index contributed by atoms with van der Waals surface area (Å²) in [5, 5.41) is 15.3. The van der Waals surface area contributed by atoms with E-state index in [2.05, 4.69) is 27.4 Å². The fourth-order valence-electron chi connectivity index (χ4n) is 4.23. The summed E-state index contributed by atoms with van der Waals surface area (Å²) in [5.41, 5.74) is 2.45. The summed E-state index contributed by atoms with van der Waals surface area (Å²) in [5.74, 6) is 0.573. The average molecular weight is 484 g/mol. The van der Waals surface area contributed by atoms with Gasteiger partial charge < -0.3 is 25.4 Å². The van der Waals surface area contributed by atoms with Crippen molar-refractivity contribution in [3.05, 3.63) is 53.9 Å². The number of aromatic nitrogens is 1. The van der Waals surface area contributed by atoms with Crippen LogP contribution in [-0.4, -0.2) is 77.3 Å². The van der Waals surface area contributed by atoms with Gasteiger partial charge in [0.2, 0.25) is 5.91 Å². The Bertz CT molecular complexity index is 987. The van der Waals surface area contributed by atoms with E-state index >= 15 is 0 Å². The van der Waals surface area contributed by atoms with Crippen molar-refractivity contribution in [3.8, 4) is 5.75 Å². The minimum atomic E-state index is -0.307. The van der Waals surface area contributed by atoms with Gasteiger partial charge in [0.05, 0.1) is 19.1 Å². The molecular weight excluding hydrogens is 446 g/mol. The fourth-order valence-corrected chi connectivity index (χ4v) is 4.23. The van der Waals surface area contributed by atoms with Crippen LogP contribution >= 0.6 is 0 Å². The molecule has 0 radical (unpaired) electrons. The van der Waals surface area contributed by atoms with Crippen molar-refractivity contribution in [2.75, 3.05) is 38.6 Å². The van der Waals surface area contributed by atoms with Crippen LogP contribution in [0.4, 0.5) is 10.5 Å². The molecule has 0 spiro atoms. The molecule has 2 aromatic rings. The zero-order valence-corrected chi connectivity index (χ0v) is 21.0. The second kappa shape index (κ2) is 12.5. The molecular formula is C26H37N5O4. The van der Waals surface area contributed by atoms with Crippen molar-refractivity contribution in [1.82, 2.24) is 20.1 Å². The van der Waals surface area contributed by atoms with Gasteiger partial charge in [-0.15, -0.1) is 0 Å². The highest BCUT2D eigenvalue weighted by molar-refractivity contribution is 5.89. The van der Waals surface area contributed by atoms with Gasteiger partial charge in [-0.05, 0) is 56.8 Å². The number of urea groups is 1. The van der Waals surface area contributed by atoms with Crippen LogP contribution in [0.1, 0.15) is 31.9 Å². The van der Waals surface area contributed by atoms with Gasteiger partial charge in [-0.2, -0.15) is 0 Å². The van der Waals surface area contributed by atoms with Crippen molar-refractivity contribution in [2.24, 2.45) is 5.92 Å². The molecule has 3 N–H and O–H groups in total. The molecule has 1 aromatic carbocycles. The number of amides is 3. The first kappa shape index (κ1) is 26.4. The summed E-state index contributed by atoms with van der Waals surface area (Å²) in [6.07, 6.45) is 3.49. The van der Waals surface area contributed by atoms with Crippen LogP contribution in [0.3, 0.4) is 0 Å². The largest absolute Gasteiger partial charge is 0.488 e. The number of carbonyl (C=O) groups is 2. The maximum absolute atomic E-state index is 13.3. The van der Waals surface area contributed by atoms with E-state index in [1.807, 2.05) is 39.1 Å². The number of fused-ring (bicyclic) bond motifs is 1. The first-order valence-corrected chi connectivity index (χ1v) is 12.1. The Kier molecular flexibility index (Phi) is 9.45. The monoisotopic (exact) mass is 483 g/mol. The maximum Gasteiger partial charge on any atom is 0.319 e. The topological polar surface area (TPSA) is 107 Å². The van der Waals surface area contributed by atoms with E-state index in [0.29, 0.717) is 36.6 Å². The normalized spacial score (nSPS) is 19.1. The summed E-state index contributed by atoms with van der Waals surface area (Å²) >= 11 is 0. The summed E-state index contributed by atoms with van der Waals surface area (Å²) in [7, 11) is 2.04. The van der Waals surface area contributed by atoms with Gasteiger partial charge in [-0.25, -0.2) is 4.79 Å². The molecule has 9 nitrogen and oxygen atoms in total. The lowest BCUT2D eigenvalue weighted by molar-refractivity contribution is -0.134. The van der Waals surface area contributed by atoms with E-state index in [0.717, 1.165) is 12.1 Å². The van der Waals surface area contributed by atoms with Crippen LogP contribution in [0.25, 0.3) is 0 Å². The Morgan fingerprint density at radius 3 is 2.74 bits per heavy atom. The van der Waals surface area contributed by atoms with Crippen LogP contribution in [0.2, 0.25) is 0 Å². The average Bonchev–Trinajstić information content (AvgIpc) is 2.87. The van der Waals surface area contributed by atoms with Gasteiger partial charge in [0.25, 0.3) is 0 Å². The molecule has 3 rings (SSSR count). The zero-order valence-electron chi connectivity index (χ0n) is 21.0. The van der Waals surface area contributed by atoms with Crippen LogP contribution in [0, 0.1) is 5.92 Å². The Balaban J connectivity index is 1.88. The van der Waals surface area contributed by atoms with Crippen molar-refractivity contribution in [1.29, 1.82) is 0 Å². The van der Waals surface area contributed by atoms with E-state index < -0.39 is 0 Å². The molecule has 1 aliphatic heterocycles. The van der Waals surface area contributed by atoms with Crippen LogP contribution < -0.4 is 15.4 Å². The van der Waals surface area contributed by atoms with Crippen LogP contribution in [0.15, 0.2) is 42.7 Å². The Morgan fingerprint density at radius 2 is 2.06 bits per heavy atom. The first-order valence-electron chi connectivity index (χ1n) is 12.1. The molecule has 0 unspecified atom stereocenters. The van der Waals surface area contributed by atoms with E-state index in [-0.39, 0.29) is 43.0 Å². The van der Waals surface area contributed by atoms with Gasteiger partial charge in [0, 0.05) is 55.7 Å². The number of nitrogens with one attached hydrogen (secondary N) is 2. The predicted octanol–water partition coefficient (Wildman–Crippen LogP) is 2.50. The number of nitrogens with zero attached hydrogens (tertiary/aromatic N) is 3. The van der Waals surface area contributed by atoms with Gasteiger partial charge in [-0.1, -0.05) is 6.92 Å². The minimum Gasteiger partial charge on any atom is -0.488 e. The lowest BCUT2D eigenvalue weighted by Crippen LogP contribution is -2.47. The van der Waals surface area contributed by atoms with Gasteiger partial charge in [0.15, 0.2) is 0 Å². The van der Waals surface area contributed by atoms with Gasteiger partial charge in [-0.3, -0.25) is 14.7 Å². The van der Waals surface area contributed by atoms with E-state index in [4.69, 9.17) is 4.74 Å². The smallest absolute Gasteiger partial charge is 0.319 e. The van der Waals surface area contributed by atoms with Gasteiger partial charge in [0.1, 0.15) is 11.9 Å². The standard InChI is InChI=1S/C26H37N5O4/c1-5-28-26(34)29-22-6-7-23-21(12-22)13-25(33)31(19(3)17-32)14-18(2)24(35-23)16-30(4)15-20-8-10-27-11-9-20/h6-12,18-19,24,32H,5,13-17H2,1-4H3,(H2,28,29,34)/t18-,19+,24+/m1/s1. The third-order valence-electron chi connectivity index (χ3n) is 6.21. The summed E-state index contributed by atoms with van der Waals surface area (Å²) in [6, 6.07) is 8.77. The number of aliphatic hydroxyl groups is 1. The Morgan fingerprint density at radius 1 is 1.31 bits per heavy atom. The minimum absolute atomic E-state index is 0.0203. The molecule has 2 heterocycles. The maximum atomic E-state index is 13.3. The molecule has 3 amide bonds. The summed E-state index contributed by atoms with van der Waals surface area (Å²) in [4.78, 5) is 33.3. The van der Waals surface area contributed by atoms with Crippen molar-refractivity contribution < 1.29 is 19.4 Å². The Labute approximate surface area is 207 Å². The lowest BCUT2D eigenvalue weighted by atomic mass is 10.0. The molecule has 0 saturated carbocycles. The van der Waals surface area contributed by atoms with Crippen molar-refractivity contribution >= 4 is 17.6 Å². The number of benzene rings is 1. The second-order valence-electron chi connectivity index (χ2n) is 9.25. The zero-order chi connectivity index (χ0) is 25.4. The van der Waals surface area contributed by atoms with E-state index in [9.17, 15) is 14.7 Å². The molecule has 9 heteroatoms. The molecule has 0 fully saturated rings. The molecule has 1 aliphatic rings. The molecule has 35 heavy (non-hydrogen) atoms. The summed E-state index contributed by atoms with van der Waals surface area (Å²) in [6.45, 7) is 8.04. The molecule has 3 atom stereocenters. The molecule has 0 bridgehead atoms. The number of aliphatic hydroxyl groups excluding tert-OH is 1. The molecule has 190 valence electrons. The molecule has 0 aliphatic carbocycles. The number of hydrogen-bond acceptors (Lipinski definition) is 6. The molecule has 1 aromatic heterocycles. The highest BCUT2D eigenvalue weighted by Gasteiger charge is 2.31. The van der Waals surface area contributed by atoms with Crippen LogP contribution in [-0.2, 0) is 17.8 Å². The second-order valence-corrected chi connectivity index (χ2v) is 9.25. The predicted molar refractivity (Wildman–Crippen MR) is 135 cm³/mol. The third-order valence-corrected chi connectivity index (χ3v) is 6.21. The van der Waals surface area contributed by atoms with E-state index in [1.165, 1.54) is 0 Å². The highest BCUT2D eigenvalue weighted by Crippen LogP contribution is 2.29. The lowest BCUT2D eigenvalue weighted by Gasteiger charge is -2.34. The fraction of sp³-hybridized carbons (Fsp3) is 0.500. The van der Waals surface area contributed by atoms with E-state index in [1.54, 1.807) is 29.4 Å². The Hall–Kier alpha value is -3.17. The van der Waals surface area contributed by atoms with Gasteiger partial charge >= 0.3 is 6.03 Å². The molecule has 0 saturated heterocycles. The summed E-state index contributed by atoms with van der Waals surface area (Å²) < 4.78 is 6.53. The number of hydrogen-bond donors (Lipinski definition) is 3. The first-order chi connectivity index (χ1) is 16.8. The highest BCUT2D eigenvalue weighted by atomic mass is 16.5. The number of ether oxygens (including phenoxy) is 1. The third kappa shape index (κ3) is 7.40. The quantitative estimate of drug-likeness (QED) is 0.533. The van der Waals surface area contributed by atoms with Crippen LogP contribution in [0.5, 0.6) is 5.75 Å². The number of carbonyl (C=O) groups excluding carboxylic acids is 2. The number of rotatable bonds is 8. The van der Waals surface area contributed by atoms with Crippen molar-refractivity contribution in [3.63, 3.8) is 0 Å².